The molecule has 1 fully saturated rings. The van der Waals surface area contributed by atoms with Crippen molar-refractivity contribution in [1.29, 1.82) is 0 Å². The minimum Gasteiger partial charge on any atom is -0.456 e. The molecule has 0 aromatic carbocycles. The summed E-state index contributed by atoms with van der Waals surface area (Å²) in [5.74, 6) is 3.23. The number of carbonyl (C=O) groups excluding carboxylic acids is 1. The molecule has 2 atom stereocenters. The molecule has 0 radical (unpaired) electrons. The van der Waals surface area contributed by atoms with Crippen molar-refractivity contribution >= 4 is 5.91 Å². The molecular weight excluding hydrogens is 400 g/mol. The van der Waals surface area contributed by atoms with E-state index in [0.29, 0.717) is 50.5 Å². The molecule has 164 valence electrons. The molecule has 1 N–H and O–H groups in total. The van der Waals surface area contributed by atoms with Crippen LogP contribution in [0.2, 0.25) is 0 Å². The number of hydrogen-bond acceptors (Lipinski definition) is 8. The Kier molecular flexibility index (Phi) is 4.90. The molecule has 3 aromatic rings. The molecule has 0 aliphatic carbocycles. The van der Waals surface area contributed by atoms with Crippen molar-refractivity contribution in [1.82, 2.24) is 29.7 Å². The number of aromatic nitrogens is 4. The van der Waals surface area contributed by atoms with Crippen LogP contribution in [-0.2, 0) is 19.5 Å². The van der Waals surface area contributed by atoms with Gasteiger partial charge >= 0.3 is 0 Å². The molecule has 0 unspecified atom stereocenters. The summed E-state index contributed by atoms with van der Waals surface area (Å²) in [6.07, 6.45) is 0.841. The van der Waals surface area contributed by atoms with Crippen molar-refractivity contribution in [2.24, 2.45) is 0 Å². The fourth-order valence-electron chi connectivity index (χ4n) is 4.55. The van der Waals surface area contributed by atoms with Crippen molar-refractivity contribution in [2.75, 3.05) is 20.1 Å². The number of aliphatic hydroxyl groups is 1. The van der Waals surface area contributed by atoms with Crippen molar-refractivity contribution < 1.29 is 18.8 Å². The van der Waals surface area contributed by atoms with Crippen molar-refractivity contribution in [3.63, 3.8) is 0 Å². The van der Waals surface area contributed by atoms with Crippen LogP contribution in [0.25, 0.3) is 0 Å². The van der Waals surface area contributed by atoms with E-state index >= 15 is 0 Å². The van der Waals surface area contributed by atoms with Gasteiger partial charge in [0.1, 0.15) is 11.5 Å². The minimum atomic E-state index is -0.344. The molecule has 0 saturated carbocycles. The van der Waals surface area contributed by atoms with Gasteiger partial charge in [0.05, 0.1) is 24.4 Å². The maximum Gasteiger partial charge on any atom is 0.290 e. The number of likely N-dealkylation sites (N-methyl/N-ethyl adjacent to an activating group) is 1. The van der Waals surface area contributed by atoms with Gasteiger partial charge in [-0.25, -0.2) is 0 Å². The fraction of sp³-hybridized carbons (Fsp3) is 0.524. The van der Waals surface area contributed by atoms with Crippen molar-refractivity contribution in [2.45, 2.75) is 51.9 Å². The van der Waals surface area contributed by atoms with E-state index in [0.717, 1.165) is 28.7 Å². The van der Waals surface area contributed by atoms with E-state index in [9.17, 15) is 9.90 Å². The van der Waals surface area contributed by atoms with Crippen LogP contribution in [0.15, 0.2) is 21.1 Å². The third kappa shape index (κ3) is 3.55. The number of aliphatic hydroxyl groups excluding tert-OH is 1. The van der Waals surface area contributed by atoms with E-state index in [-0.39, 0.29) is 18.1 Å². The number of rotatable bonds is 4. The SMILES string of the molecule is Cc1noc(C)c1Cc1ccc(C(=O)N2CCn3c(nnc3[C@@H]3C[C@@H](O)CN3C)C2)o1. The highest BCUT2D eigenvalue weighted by atomic mass is 16.5. The number of nitrogens with zero attached hydrogens (tertiary/aromatic N) is 6. The minimum absolute atomic E-state index is 0.0513. The summed E-state index contributed by atoms with van der Waals surface area (Å²) in [4.78, 5) is 16.9. The summed E-state index contributed by atoms with van der Waals surface area (Å²) in [7, 11) is 1.98. The van der Waals surface area contributed by atoms with Crippen LogP contribution in [0, 0.1) is 13.8 Å². The summed E-state index contributed by atoms with van der Waals surface area (Å²) in [6.45, 7) is 5.94. The highest BCUT2D eigenvalue weighted by Crippen LogP contribution is 2.31. The van der Waals surface area contributed by atoms with Gasteiger partial charge in [0, 0.05) is 31.6 Å². The smallest absolute Gasteiger partial charge is 0.290 e. The second-order valence-electron chi connectivity index (χ2n) is 8.44. The van der Waals surface area contributed by atoms with E-state index in [1.807, 2.05) is 27.0 Å². The monoisotopic (exact) mass is 426 g/mol. The Morgan fingerprint density at radius 1 is 1.26 bits per heavy atom. The molecule has 10 heteroatoms. The number of amides is 1. The third-order valence-corrected chi connectivity index (χ3v) is 6.30. The summed E-state index contributed by atoms with van der Waals surface area (Å²) in [6, 6.07) is 3.59. The zero-order valence-electron chi connectivity index (χ0n) is 17.9. The number of hydrogen-bond donors (Lipinski definition) is 1. The zero-order chi connectivity index (χ0) is 21.7. The second kappa shape index (κ2) is 7.61. The first-order valence-corrected chi connectivity index (χ1v) is 10.5. The Balaban J connectivity index is 1.29. The van der Waals surface area contributed by atoms with E-state index in [4.69, 9.17) is 8.94 Å². The molecule has 0 spiro atoms. The van der Waals surface area contributed by atoms with Gasteiger partial charge in [-0.3, -0.25) is 9.69 Å². The summed E-state index contributed by atoms with van der Waals surface area (Å²) in [5.41, 5.74) is 1.81. The molecule has 5 heterocycles. The predicted octanol–water partition coefficient (Wildman–Crippen LogP) is 1.46. The molecule has 5 rings (SSSR count). The van der Waals surface area contributed by atoms with Crippen LogP contribution in [0.5, 0.6) is 0 Å². The number of β-amino-alcohol motifs (C(OH)–C–C–N with tert-alkyl or cyclic N) is 1. The predicted molar refractivity (Wildman–Crippen MR) is 108 cm³/mol. The van der Waals surface area contributed by atoms with Gasteiger partial charge in [0.25, 0.3) is 5.91 Å². The summed E-state index contributed by atoms with van der Waals surface area (Å²) in [5, 5.41) is 22.6. The van der Waals surface area contributed by atoms with E-state index < -0.39 is 0 Å². The van der Waals surface area contributed by atoms with Gasteiger partial charge in [-0.15, -0.1) is 10.2 Å². The first-order chi connectivity index (χ1) is 14.9. The topological polar surface area (TPSA) is 114 Å². The van der Waals surface area contributed by atoms with Crippen molar-refractivity contribution in [3.05, 3.63) is 52.3 Å². The van der Waals surface area contributed by atoms with Gasteiger partial charge in [0.15, 0.2) is 17.4 Å². The van der Waals surface area contributed by atoms with Crippen LogP contribution in [0.4, 0.5) is 0 Å². The lowest BCUT2D eigenvalue weighted by molar-refractivity contribution is 0.0671. The van der Waals surface area contributed by atoms with Gasteiger partial charge in [-0.2, -0.15) is 0 Å². The maximum atomic E-state index is 13.0. The number of likely N-dealkylation sites (tertiary alicyclic amines) is 1. The van der Waals surface area contributed by atoms with Gasteiger partial charge < -0.3 is 23.5 Å². The molecular formula is C21H26N6O4. The number of carbonyl (C=O) groups is 1. The van der Waals surface area contributed by atoms with Crippen LogP contribution < -0.4 is 0 Å². The van der Waals surface area contributed by atoms with Crippen molar-refractivity contribution in [3.8, 4) is 0 Å². The first-order valence-electron chi connectivity index (χ1n) is 10.5. The molecule has 10 nitrogen and oxygen atoms in total. The Bertz CT molecular complexity index is 1100. The highest BCUT2D eigenvalue weighted by molar-refractivity contribution is 5.91. The molecule has 3 aromatic heterocycles. The lowest BCUT2D eigenvalue weighted by Crippen LogP contribution is -2.39. The van der Waals surface area contributed by atoms with Crippen LogP contribution in [0.1, 0.15) is 57.4 Å². The average Bonchev–Trinajstić information content (AvgIpc) is 3.51. The molecule has 1 saturated heterocycles. The van der Waals surface area contributed by atoms with E-state index in [1.165, 1.54) is 0 Å². The van der Waals surface area contributed by atoms with Crippen LogP contribution in [-0.4, -0.2) is 67.0 Å². The molecule has 2 aliphatic heterocycles. The Morgan fingerprint density at radius 3 is 2.81 bits per heavy atom. The largest absolute Gasteiger partial charge is 0.456 e. The Labute approximate surface area is 179 Å². The van der Waals surface area contributed by atoms with Gasteiger partial charge in [-0.05, 0) is 39.4 Å². The highest BCUT2D eigenvalue weighted by Gasteiger charge is 2.35. The fourth-order valence-corrected chi connectivity index (χ4v) is 4.55. The van der Waals surface area contributed by atoms with Gasteiger partial charge in [-0.1, -0.05) is 5.16 Å². The lowest BCUT2D eigenvalue weighted by atomic mass is 10.1. The third-order valence-electron chi connectivity index (χ3n) is 6.30. The summed E-state index contributed by atoms with van der Waals surface area (Å²) >= 11 is 0. The Hall–Kier alpha value is -2.98. The molecule has 1 amide bonds. The van der Waals surface area contributed by atoms with E-state index in [2.05, 4.69) is 24.8 Å². The quantitative estimate of drug-likeness (QED) is 0.667. The normalized spacial score (nSPS) is 21.6. The maximum absolute atomic E-state index is 13.0. The average molecular weight is 426 g/mol. The number of fused-ring (bicyclic) bond motifs is 1. The summed E-state index contributed by atoms with van der Waals surface area (Å²) < 4.78 is 13.1. The number of furan rings is 1. The molecule has 2 aliphatic rings. The van der Waals surface area contributed by atoms with Crippen LogP contribution in [0.3, 0.4) is 0 Å². The second-order valence-corrected chi connectivity index (χ2v) is 8.44. The van der Waals surface area contributed by atoms with Gasteiger partial charge in [0.2, 0.25) is 0 Å². The first kappa shape index (κ1) is 20.0. The molecule has 31 heavy (non-hydrogen) atoms. The standard InChI is InChI=1S/C21H26N6O4/c1-12-16(13(2)31-24-12)9-15-4-5-18(30-15)21(29)26-6-7-27-19(11-26)22-23-20(27)17-8-14(28)10-25(17)3/h4-5,14,17,28H,6-11H2,1-3H3/t14-,17+/m1/s1. The lowest BCUT2D eigenvalue weighted by Gasteiger charge is -2.28. The van der Waals surface area contributed by atoms with Crippen LogP contribution >= 0.6 is 0 Å². The Morgan fingerprint density at radius 2 is 2.10 bits per heavy atom. The molecule has 0 bridgehead atoms. The van der Waals surface area contributed by atoms with E-state index in [1.54, 1.807) is 11.0 Å². The zero-order valence-corrected chi connectivity index (χ0v) is 17.9. The number of aryl methyl sites for hydroxylation is 2.